The lowest BCUT2D eigenvalue weighted by molar-refractivity contribution is 0.0471. The summed E-state index contributed by atoms with van der Waals surface area (Å²) >= 11 is 2.74. The molecule has 138 valence electrons. The van der Waals surface area contributed by atoms with E-state index in [1.54, 1.807) is 11.8 Å². The number of hydrogen-bond acceptors (Lipinski definition) is 7. The molecule has 0 aliphatic carbocycles. The van der Waals surface area contributed by atoms with Gasteiger partial charge in [-0.2, -0.15) is 0 Å². The average Bonchev–Trinajstić information content (AvgIpc) is 3.09. The summed E-state index contributed by atoms with van der Waals surface area (Å²) in [7, 11) is 0. The van der Waals surface area contributed by atoms with Gasteiger partial charge in [0.1, 0.15) is 11.5 Å². The van der Waals surface area contributed by atoms with Gasteiger partial charge < -0.3 is 9.64 Å². The van der Waals surface area contributed by atoms with Gasteiger partial charge >= 0.3 is 5.97 Å². The van der Waals surface area contributed by atoms with Crippen LogP contribution >= 0.6 is 23.1 Å². The van der Waals surface area contributed by atoms with E-state index in [4.69, 9.17) is 4.74 Å². The van der Waals surface area contributed by atoms with Crippen LogP contribution in [0.2, 0.25) is 0 Å². The van der Waals surface area contributed by atoms with Gasteiger partial charge in [0.15, 0.2) is 4.96 Å². The molecule has 0 aliphatic rings. The Kier molecular flexibility index (Phi) is 5.95. The highest BCUT2D eigenvalue weighted by molar-refractivity contribution is 7.98. The molecule has 3 rings (SSSR count). The van der Waals surface area contributed by atoms with E-state index >= 15 is 0 Å². The molecule has 2 aromatic heterocycles. The average molecular weight is 392 g/mol. The minimum absolute atomic E-state index is 0.167. The van der Waals surface area contributed by atoms with Gasteiger partial charge in [-0.05, 0) is 37.5 Å². The molecule has 0 spiro atoms. The Morgan fingerprint density at radius 2 is 2.12 bits per heavy atom. The molecule has 0 fully saturated rings. The zero-order chi connectivity index (χ0) is 18.7. The van der Waals surface area contributed by atoms with Crippen molar-refractivity contribution < 1.29 is 9.53 Å². The van der Waals surface area contributed by atoms with Crippen LogP contribution in [0.1, 0.15) is 23.5 Å². The lowest BCUT2D eigenvalue weighted by atomic mass is 10.2. The minimum Gasteiger partial charge on any atom is -0.460 e. The standard InChI is InChI=1S/C18H21N3O3S2/c1-4-20(5-2)8-9-24-17(23)15-11-21-16(22)13-10-12(25-3)6-7-14(13)19-18(21)26-15/h6-7,10-11H,4-5,8-9H2,1-3H3. The zero-order valence-corrected chi connectivity index (χ0v) is 16.7. The number of nitrogens with zero attached hydrogens (tertiary/aromatic N) is 3. The molecule has 26 heavy (non-hydrogen) atoms. The normalized spacial score (nSPS) is 11.5. The quantitative estimate of drug-likeness (QED) is 0.455. The molecule has 0 bridgehead atoms. The van der Waals surface area contributed by atoms with Gasteiger partial charge in [-0.15, -0.1) is 11.8 Å². The summed E-state index contributed by atoms with van der Waals surface area (Å²) in [6.45, 7) is 7.01. The monoisotopic (exact) mass is 391 g/mol. The molecule has 0 saturated carbocycles. The van der Waals surface area contributed by atoms with Crippen molar-refractivity contribution in [1.29, 1.82) is 0 Å². The highest BCUT2D eigenvalue weighted by Crippen LogP contribution is 2.22. The number of thioether (sulfide) groups is 1. The fourth-order valence-corrected chi connectivity index (χ4v) is 4.00. The highest BCUT2D eigenvalue weighted by atomic mass is 32.2. The van der Waals surface area contributed by atoms with Gasteiger partial charge in [-0.1, -0.05) is 25.2 Å². The number of rotatable bonds is 7. The minimum atomic E-state index is -0.416. The molecular formula is C18H21N3O3S2. The van der Waals surface area contributed by atoms with E-state index in [2.05, 4.69) is 23.7 Å². The molecule has 0 N–H and O–H groups in total. The van der Waals surface area contributed by atoms with Crippen molar-refractivity contribution in [1.82, 2.24) is 14.3 Å². The lowest BCUT2D eigenvalue weighted by Crippen LogP contribution is -2.27. The second-order valence-electron chi connectivity index (χ2n) is 5.71. The number of carbonyl (C=O) groups is 1. The Morgan fingerprint density at radius 1 is 1.35 bits per heavy atom. The molecule has 0 amide bonds. The van der Waals surface area contributed by atoms with Gasteiger partial charge in [0.25, 0.3) is 5.56 Å². The molecule has 1 aromatic carbocycles. The third-order valence-electron chi connectivity index (χ3n) is 4.26. The summed E-state index contributed by atoms with van der Waals surface area (Å²) in [5.41, 5.74) is 0.468. The molecule has 0 unspecified atom stereocenters. The van der Waals surface area contributed by atoms with E-state index in [0.717, 1.165) is 18.0 Å². The van der Waals surface area contributed by atoms with Crippen LogP contribution < -0.4 is 5.56 Å². The van der Waals surface area contributed by atoms with Crippen molar-refractivity contribution >= 4 is 44.9 Å². The van der Waals surface area contributed by atoms with Crippen LogP contribution in [0.15, 0.2) is 34.1 Å². The molecule has 0 atom stereocenters. The van der Waals surface area contributed by atoms with E-state index in [9.17, 15) is 9.59 Å². The van der Waals surface area contributed by atoms with Gasteiger partial charge in [0.05, 0.1) is 10.9 Å². The smallest absolute Gasteiger partial charge is 0.350 e. The second-order valence-corrected chi connectivity index (χ2v) is 7.60. The van der Waals surface area contributed by atoms with Gasteiger partial charge in [-0.3, -0.25) is 9.20 Å². The number of ether oxygens (including phenoxy) is 1. The van der Waals surface area contributed by atoms with Gasteiger partial charge in [0.2, 0.25) is 0 Å². The summed E-state index contributed by atoms with van der Waals surface area (Å²) in [6.07, 6.45) is 3.49. The summed E-state index contributed by atoms with van der Waals surface area (Å²) in [5.74, 6) is -0.416. The fourth-order valence-electron chi connectivity index (χ4n) is 2.69. The first kappa shape index (κ1) is 18.9. The number of thiazole rings is 1. The van der Waals surface area contributed by atoms with Gasteiger partial charge in [0, 0.05) is 17.6 Å². The number of benzene rings is 1. The number of aromatic nitrogens is 2. The first-order valence-corrected chi connectivity index (χ1v) is 10.5. The van der Waals surface area contributed by atoms with Crippen molar-refractivity contribution in [3.05, 3.63) is 39.6 Å². The van der Waals surface area contributed by atoms with E-state index in [1.165, 1.54) is 21.9 Å². The summed E-state index contributed by atoms with van der Waals surface area (Å²) in [4.78, 5) is 33.6. The van der Waals surface area contributed by atoms with E-state index in [-0.39, 0.29) is 5.56 Å². The number of likely N-dealkylation sites (N-methyl/N-ethyl adjacent to an activating group) is 1. The molecular weight excluding hydrogens is 370 g/mol. The Balaban J connectivity index is 1.86. The lowest BCUT2D eigenvalue weighted by Gasteiger charge is -2.17. The highest BCUT2D eigenvalue weighted by Gasteiger charge is 2.16. The van der Waals surface area contributed by atoms with Crippen LogP contribution in [0.25, 0.3) is 15.9 Å². The summed E-state index contributed by atoms with van der Waals surface area (Å²) < 4.78 is 6.78. The predicted octanol–water partition coefficient (Wildman–Crippen LogP) is 3.13. The van der Waals surface area contributed by atoms with Crippen molar-refractivity contribution in [2.24, 2.45) is 0 Å². The molecule has 8 heteroatoms. The predicted molar refractivity (Wildman–Crippen MR) is 107 cm³/mol. The first-order valence-electron chi connectivity index (χ1n) is 8.46. The zero-order valence-electron chi connectivity index (χ0n) is 15.0. The maximum absolute atomic E-state index is 12.7. The number of fused-ring (bicyclic) bond motifs is 2. The third kappa shape index (κ3) is 3.77. The van der Waals surface area contributed by atoms with Crippen LogP contribution in [0.3, 0.4) is 0 Å². The fraction of sp³-hybridized carbons (Fsp3) is 0.389. The maximum atomic E-state index is 12.7. The number of esters is 1. The Labute approximate surface area is 159 Å². The Morgan fingerprint density at radius 3 is 2.81 bits per heavy atom. The number of carbonyl (C=O) groups excluding carboxylic acids is 1. The molecule has 6 nitrogen and oxygen atoms in total. The SMILES string of the molecule is CCN(CC)CCOC(=O)c1cn2c(=O)c3cc(SC)ccc3nc2s1. The van der Waals surface area contributed by atoms with Crippen molar-refractivity contribution in [3.63, 3.8) is 0 Å². The van der Waals surface area contributed by atoms with Gasteiger partial charge in [-0.25, -0.2) is 9.78 Å². The maximum Gasteiger partial charge on any atom is 0.350 e. The van der Waals surface area contributed by atoms with Crippen LogP contribution in [0, 0.1) is 0 Å². The summed E-state index contributed by atoms with van der Waals surface area (Å²) in [6, 6.07) is 5.61. The first-order chi connectivity index (χ1) is 12.6. The van der Waals surface area contributed by atoms with Crippen LogP contribution in [-0.4, -0.2) is 52.8 Å². The second kappa shape index (κ2) is 8.20. The van der Waals surface area contributed by atoms with E-state index in [0.29, 0.717) is 33.9 Å². The van der Waals surface area contributed by atoms with Crippen LogP contribution in [0.5, 0.6) is 0 Å². The Hall–Kier alpha value is -1.90. The molecule has 3 aromatic rings. The van der Waals surface area contributed by atoms with Crippen molar-refractivity contribution in [2.45, 2.75) is 18.7 Å². The van der Waals surface area contributed by atoms with Crippen LogP contribution in [-0.2, 0) is 4.74 Å². The number of hydrogen-bond donors (Lipinski definition) is 0. The largest absolute Gasteiger partial charge is 0.460 e. The summed E-state index contributed by atoms with van der Waals surface area (Å²) in [5, 5.41) is 0.550. The van der Waals surface area contributed by atoms with E-state index in [1.807, 2.05) is 24.5 Å². The van der Waals surface area contributed by atoms with Crippen molar-refractivity contribution in [2.75, 3.05) is 32.5 Å². The van der Waals surface area contributed by atoms with Crippen molar-refractivity contribution in [3.8, 4) is 0 Å². The van der Waals surface area contributed by atoms with Crippen LogP contribution in [0.4, 0.5) is 0 Å². The topological polar surface area (TPSA) is 63.9 Å². The Bertz CT molecular complexity index is 992. The third-order valence-corrected chi connectivity index (χ3v) is 5.95. The molecule has 0 saturated heterocycles. The molecule has 2 heterocycles. The molecule has 0 aliphatic heterocycles. The molecule has 0 radical (unpaired) electrons. The van der Waals surface area contributed by atoms with E-state index < -0.39 is 5.97 Å².